The van der Waals surface area contributed by atoms with E-state index in [1.807, 2.05) is 13.1 Å². The van der Waals surface area contributed by atoms with Crippen LogP contribution in [-0.2, 0) is 16.4 Å². The summed E-state index contributed by atoms with van der Waals surface area (Å²) < 4.78 is 21.9. The van der Waals surface area contributed by atoms with E-state index in [9.17, 15) is 8.42 Å². The Morgan fingerprint density at radius 3 is 2.72 bits per heavy atom. The Kier molecular flexibility index (Phi) is 5.54. The smallest absolute Gasteiger partial charge is 0.191 e. The highest BCUT2D eigenvalue weighted by Gasteiger charge is 2.04. The highest BCUT2D eigenvalue weighted by atomic mass is 32.2. The Hall–Kier alpha value is -1.15. The van der Waals surface area contributed by atoms with Gasteiger partial charge in [0.15, 0.2) is 5.96 Å². The maximum Gasteiger partial charge on any atom is 0.191 e. The molecule has 102 valence electrons. The van der Waals surface area contributed by atoms with Gasteiger partial charge < -0.3 is 10.6 Å². The predicted molar refractivity (Wildman–Crippen MR) is 74.8 cm³/mol. The zero-order valence-electron chi connectivity index (χ0n) is 10.7. The molecular formula is C10H18N4O2S2. The first kappa shape index (κ1) is 14.9. The fraction of sp³-hybridized carbons (Fsp3) is 0.600. The zero-order valence-corrected chi connectivity index (χ0v) is 12.4. The minimum atomic E-state index is -2.95. The third-order valence-electron chi connectivity index (χ3n) is 2.07. The number of hydrogen-bond acceptors (Lipinski definition) is 5. The molecule has 0 bridgehead atoms. The van der Waals surface area contributed by atoms with Gasteiger partial charge in [0.25, 0.3) is 0 Å². The Bertz CT molecular complexity index is 508. The largest absolute Gasteiger partial charge is 0.355 e. The lowest BCUT2D eigenvalue weighted by molar-refractivity contribution is 0.600. The molecule has 0 aliphatic rings. The summed E-state index contributed by atoms with van der Waals surface area (Å²) in [7, 11) is -1.31. The Balaban J connectivity index is 2.35. The molecule has 2 N–H and O–H groups in total. The topological polar surface area (TPSA) is 83.5 Å². The van der Waals surface area contributed by atoms with Crippen molar-refractivity contribution in [2.75, 3.05) is 25.6 Å². The summed E-state index contributed by atoms with van der Waals surface area (Å²) in [5.74, 6) is 0.663. The van der Waals surface area contributed by atoms with Crippen molar-refractivity contribution in [1.82, 2.24) is 15.6 Å². The van der Waals surface area contributed by atoms with Crippen LogP contribution in [0.25, 0.3) is 0 Å². The van der Waals surface area contributed by atoms with Crippen LogP contribution in [0.2, 0.25) is 0 Å². The Morgan fingerprint density at radius 2 is 2.22 bits per heavy atom. The van der Waals surface area contributed by atoms with Gasteiger partial charge in [-0.15, -0.1) is 11.3 Å². The van der Waals surface area contributed by atoms with Gasteiger partial charge >= 0.3 is 0 Å². The highest BCUT2D eigenvalue weighted by molar-refractivity contribution is 7.90. The van der Waals surface area contributed by atoms with Gasteiger partial charge in [-0.3, -0.25) is 4.99 Å². The van der Waals surface area contributed by atoms with Gasteiger partial charge in [-0.25, -0.2) is 13.4 Å². The molecule has 0 fully saturated rings. The van der Waals surface area contributed by atoms with Crippen molar-refractivity contribution in [3.05, 3.63) is 16.1 Å². The molecule has 0 amide bonds. The van der Waals surface area contributed by atoms with E-state index in [1.54, 1.807) is 18.4 Å². The van der Waals surface area contributed by atoms with Crippen LogP contribution < -0.4 is 10.6 Å². The second kappa shape index (κ2) is 6.69. The molecule has 0 saturated carbocycles. The lowest BCUT2D eigenvalue weighted by Gasteiger charge is -2.10. The summed E-state index contributed by atoms with van der Waals surface area (Å²) in [4.78, 5) is 9.38. The summed E-state index contributed by atoms with van der Waals surface area (Å²) in [5, 5.41) is 6.99. The summed E-state index contributed by atoms with van der Waals surface area (Å²) >= 11 is 1.62. The average Bonchev–Trinajstić information content (AvgIpc) is 2.67. The van der Waals surface area contributed by atoms with E-state index in [0.717, 1.165) is 9.88 Å². The van der Waals surface area contributed by atoms with Crippen LogP contribution >= 0.6 is 11.3 Å². The van der Waals surface area contributed by atoms with E-state index in [1.165, 1.54) is 6.26 Å². The number of sulfone groups is 1. The van der Waals surface area contributed by atoms with Gasteiger partial charge in [0, 0.05) is 30.9 Å². The first-order valence-corrected chi connectivity index (χ1v) is 8.32. The van der Waals surface area contributed by atoms with Gasteiger partial charge in [0.1, 0.15) is 14.8 Å². The number of rotatable bonds is 5. The summed E-state index contributed by atoms with van der Waals surface area (Å²) in [6.45, 7) is 2.92. The van der Waals surface area contributed by atoms with Crippen LogP contribution in [0.15, 0.2) is 11.2 Å². The van der Waals surface area contributed by atoms with Crippen LogP contribution in [0.5, 0.6) is 0 Å². The second-order valence-corrected chi connectivity index (χ2v) is 7.43. The van der Waals surface area contributed by atoms with E-state index in [0.29, 0.717) is 19.0 Å². The molecule has 1 aromatic heterocycles. The molecule has 1 heterocycles. The molecule has 0 aromatic carbocycles. The van der Waals surface area contributed by atoms with Crippen molar-refractivity contribution in [2.45, 2.75) is 13.5 Å². The number of nitrogens with zero attached hydrogens (tertiary/aromatic N) is 2. The molecule has 0 aliphatic heterocycles. The molecule has 8 heteroatoms. The summed E-state index contributed by atoms with van der Waals surface area (Å²) in [6.07, 6.45) is 3.03. The zero-order chi connectivity index (χ0) is 13.6. The minimum Gasteiger partial charge on any atom is -0.355 e. The molecule has 0 atom stereocenters. The minimum absolute atomic E-state index is 0.0874. The van der Waals surface area contributed by atoms with Crippen LogP contribution in [0.1, 0.15) is 9.88 Å². The Labute approximate surface area is 111 Å². The molecule has 1 rings (SSSR count). The molecule has 0 saturated heterocycles. The van der Waals surface area contributed by atoms with E-state index in [-0.39, 0.29) is 5.75 Å². The van der Waals surface area contributed by atoms with Crippen molar-refractivity contribution in [3.8, 4) is 0 Å². The van der Waals surface area contributed by atoms with Gasteiger partial charge in [0.2, 0.25) is 0 Å². The van der Waals surface area contributed by atoms with E-state index >= 15 is 0 Å². The third-order valence-corrected chi connectivity index (χ3v) is 3.92. The number of guanidine groups is 1. The summed E-state index contributed by atoms with van der Waals surface area (Å²) in [6, 6.07) is 0. The van der Waals surface area contributed by atoms with Crippen LogP contribution in [0.3, 0.4) is 0 Å². The fourth-order valence-electron chi connectivity index (χ4n) is 1.22. The highest BCUT2D eigenvalue weighted by Crippen LogP contribution is 2.10. The van der Waals surface area contributed by atoms with Crippen molar-refractivity contribution in [2.24, 2.45) is 4.99 Å². The van der Waals surface area contributed by atoms with Gasteiger partial charge in [0.05, 0.1) is 12.3 Å². The monoisotopic (exact) mass is 290 g/mol. The van der Waals surface area contributed by atoms with Crippen LogP contribution in [0.4, 0.5) is 0 Å². The van der Waals surface area contributed by atoms with Gasteiger partial charge in [-0.1, -0.05) is 0 Å². The summed E-state index contributed by atoms with van der Waals surface area (Å²) in [5.41, 5.74) is 0. The number of thiazole rings is 1. The predicted octanol–water partition coefficient (Wildman–Crippen LogP) is 0.161. The van der Waals surface area contributed by atoms with E-state index < -0.39 is 9.84 Å². The number of aliphatic imine (C=N–C) groups is 1. The molecule has 1 aromatic rings. The SMILES string of the molecule is CN=C(NCCS(C)(=O)=O)NCc1ncc(C)s1. The molecule has 0 radical (unpaired) electrons. The Morgan fingerprint density at radius 1 is 1.50 bits per heavy atom. The fourth-order valence-corrected chi connectivity index (χ4v) is 2.42. The van der Waals surface area contributed by atoms with Crippen molar-refractivity contribution in [1.29, 1.82) is 0 Å². The quantitative estimate of drug-likeness (QED) is 0.596. The molecule has 6 nitrogen and oxygen atoms in total. The normalized spacial score (nSPS) is 12.5. The average molecular weight is 290 g/mol. The van der Waals surface area contributed by atoms with Crippen molar-refractivity contribution >= 4 is 27.1 Å². The molecule has 0 spiro atoms. The van der Waals surface area contributed by atoms with Gasteiger partial charge in [-0.2, -0.15) is 0 Å². The van der Waals surface area contributed by atoms with E-state index in [2.05, 4.69) is 20.6 Å². The number of nitrogens with one attached hydrogen (secondary N) is 2. The lowest BCUT2D eigenvalue weighted by atomic mass is 10.6. The van der Waals surface area contributed by atoms with Crippen molar-refractivity contribution in [3.63, 3.8) is 0 Å². The maximum atomic E-state index is 11.0. The van der Waals surface area contributed by atoms with Crippen molar-refractivity contribution < 1.29 is 8.42 Å². The van der Waals surface area contributed by atoms with Gasteiger partial charge in [-0.05, 0) is 6.92 Å². The molecule has 0 unspecified atom stereocenters. The first-order chi connectivity index (χ1) is 8.40. The molecule has 18 heavy (non-hydrogen) atoms. The molecular weight excluding hydrogens is 272 g/mol. The molecule has 0 aliphatic carbocycles. The lowest BCUT2D eigenvalue weighted by Crippen LogP contribution is -2.39. The first-order valence-electron chi connectivity index (χ1n) is 5.44. The number of hydrogen-bond donors (Lipinski definition) is 2. The maximum absolute atomic E-state index is 11.0. The van der Waals surface area contributed by atoms with E-state index in [4.69, 9.17) is 0 Å². The van der Waals surface area contributed by atoms with Crippen LogP contribution in [0, 0.1) is 6.92 Å². The standard InChI is InChI=1S/C10H18N4O2S2/c1-8-6-13-9(17-8)7-14-10(11-2)12-4-5-18(3,15)16/h6H,4-5,7H2,1-3H3,(H2,11,12,14). The second-order valence-electron chi connectivity index (χ2n) is 3.85. The third kappa shape index (κ3) is 5.97. The number of aromatic nitrogens is 1. The number of aryl methyl sites for hydroxylation is 1. The van der Waals surface area contributed by atoms with Crippen LogP contribution in [-0.4, -0.2) is 45.0 Å².